The van der Waals surface area contributed by atoms with Gasteiger partial charge < -0.3 is 20.3 Å². The van der Waals surface area contributed by atoms with Crippen LogP contribution >= 0.6 is 0 Å². The summed E-state index contributed by atoms with van der Waals surface area (Å²) in [6.07, 6.45) is 5.83. The van der Waals surface area contributed by atoms with Crippen molar-refractivity contribution in [3.05, 3.63) is 48.3 Å². The standard InChI is InChI=1S/C12H12N6O2/c13-11(17-15-7-9-3-1-5-19-9)12(14)18-16-8-10-4-2-6-20-10/h1-8H,(H2,13,17)(H2,14,18)/b15-7-,16-8+. The Bertz CT molecular complexity index is 579. The second kappa shape index (κ2) is 6.69. The fraction of sp³-hybridized carbons (Fsp3) is 0. The maximum Gasteiger partial charge on any atom is 0.190 e. The van der Waals surface area contributed by atoms with Crippen LogP contribution in [0.5, 0.6) is 0 Å². The molecule has 0 amide bonds. The molecule has 2 aromatic rings. The molecule has 2 aromatic heterocycles. The summed E-state index contributed by atoms with van der Waals surface area (Å²) in [6.45, 7) is 0. The molecule has 8 nitrogen and oxygen atoms in total. The minimum Gasteiger partial charge on any atom is -0.463 e. The van der Waals surface area contributed by atoms with Crippen molar-refractivity contribution in [3.8, 4) is 0 Å². The van der Waals surface area contributed by atoms with Gasteiger partial charge in [-0.05, 0) is 24.3 Å². The molecule has 0 bridgehead atoms. The van der Waals surface area contributed by atoms with E-state index in [0.29, 0.717) is 11.5 Å². The van der Waals surface area contributed by atoms with E-state index in [1.54, 1.807) is 24.3 Å². The van der Waals surface area contributed by atoms with Crippen LogP contribution in [0.25, 0.3) is 0 Å². The molecule has 0 aromatic carbocycles. The molecule has 0 saturated carbocycles. The fourth-order valence-corrected chi connectivity index (χ4v) is 1.13. The molecule has 0 aliphatic heterocycles. The summed E-state index contributed by atoms with van der Waals surface area (Å²) in [7, 11) is 0. The van der Waals surface area contributed by atoms with Gasteiger partial charge in [0.25, 0.3) is 0 Å². The van der Waals surface area contributed by atoms with Crippen molar-refractivity contribution in [1.82, 2.24) is 0 Å². The molecular weight excluding hydrogens is 260 g/mol. The highest BCUT2D eigenvalue weighted by Crippen LogP contribution is 1.96. The van der Waals surface area contributed by atoms with Crippen molar-refractivity contribution in [2.24, 2.45) is 31.9 Å². The van der Waals surface area contributed by atoms with Crippen molar-refractivity contribution in [3.63, 3.8) is 0 Å². The third-order valence-electron chi connectivity index (χ3n) is 2.05. The van der Waals surface area contributed by atoms with Gasteiger partial charge in [-0.25, -0.2) is 0 Å². The van der Waals surface area contributed by atoms with Gasteiger partial charge in [0.2, 0.25) is 0 Å². The number of nitrogens with zero attached hydrogens (tertiary/aromatic N) is 4. The maximum absolute atomic E-state index is 5.57. The highest BCUT2D eigenvalue weighted by Gasteiger charge is 1.97. The summed E-state index contributed by atoms with van der Waals surface area (Å²) in [6, 6.07) is 6.90. The lowest BCUT2D eigenvalue weighted by Gasteiger charge is -1.93. The first-order valence-electron chi connectivity index (χ1n) is 5.56. The SMILES string of the molecule is NC(=N/N=C\c1ccco1)/C(N)=N\N=C\c1ccco1. The number of rotatable bonds is 4. The van der Waals surface area contributed by atoms with Crippen LogP contribution < -0.4 is 11.5 Å². The molecule has 0 unspecified atom stereocenters. The Morgan fingerprint density at radius 2 is 1.30 bits per heavy atom. The third kappa shape index (κ3) is 3.95. The smallest absolute Gasteiger partial charge is 0.190 e. The fourth-order valence-electron chi connectivity index (χ4n) is 1.13. The molecule has 0 fully saturated rings. The normalized spacial score (nSPS) is 13.6. The van der Waals surface area contributed by atoms with E-state index in [1.807, 2.05) is 0 Å². The summed E-state index contributed by atoms with van der Waals surface area (Å²) < 4.78 is 10.1. The molecule has 0 radical (unpaired) electrons. The predicted molar refractivity (Wildman–Crippen MR) is 75.8 cm³/mol. The topological polar surface area (TPSA) is 128 Å². The highest BCUT2D eigenvalue weighted by molar-refractivity contribution is 6.39. The second-order valence-corrected chi connectivity index (χ2v) is 3.49. The van der Waals surface area contributed by atoms with Crippen LogP contribution in [-0.4, -0.2) is 24.1 Å². The Hall–Kier alpha value is -3.16. The zero-order valence-electron chi connectivity index (χ0n) is 10.4. The lowest BCUT2D eigenvalue weighted by atomic mass is 10.5. The number of hydrogen-bond donors (Lipinski definition) is 2. The Balaban J connectivity index is 1.95. The van der Waals surface area contributed by atoms with Gasteiger partial charge in [0.15, 0.2) is 11.7 Å². The lowest BCUT2D eigenvalue weighted by molar-refractivity contribution is 0.560. The molecular formula is C12H12N6O2. The first-order valence-corrected chi connectivity index (χ1v) is 5.56. The maximum atomic E-state index is 5.57. The number of furan rings is 2. The van der Waals surface area contributed by atoms with E-state index in [4.69, 9.17) is 20.3 Å². The van der Waals surface area contributed by atoms with Crippen molar-refractivity contribution < 1.29 is 8.83 Å². The Labute approximate surface area is 114 Å². The van der Waals surface area contributed by atoms with Gasteiger partial charge in [0.1, 0.15) is 11.5 Å². The molecule has 2 heterocycles. The monoisotopic (exact) mass is 272 g/mol. The Morgan fingerprint density at radius 3 is 1.65 bits per heavy atom. The van der Waals surface area contributed by atoms with Gasteiger partial charge in [-0.1, -0.05) is 0 Å². The number of amidine groups is 2. The van der Waals surface area contributed by atoms with Gasteiger partial charge >= 0.3 is 0 Å². The zero-order valence-corrected chi connectivity index (χ0v) is 10.4. The summed E-state index contributed by atoms with van der Waals surface area (Å²) >= 11 is 0. The summed E-state index contributed by atoms with van der Waals surface area (Å²) in [5, 5.41) is 14.7. The minimum absolute atomic E-state index is 0.0515. The molecule has 8 heteroatoms. The van der Waals surface area contributed by atoms with Gasteiger partial charge in [-0.3, -0.25) is 0 Å². The highest BCUT2D eigenvalue weighted by atomic mass is 16.3. The molecule has 4 N–H and O–H groups in total. The number of hydrogen-bond acceptors (Lipinski definition) is 6. The minimum atomic E-state index is -0.0515. The van der Waals surface area contributed by atoms with Crippen LogP contribution in [0.15, 0.2) is 66.0 Å². The quantitative estimate of drug-likeness (QED) is 0.487. The van der Waals surface area contributed by atoms with Crippen molar-refractivity contribution in [2.45, 2.75) is 0 Å². The van der Waals surface area contributed by atoms with E-state index in [9.17, 15) is 0 Å². The van der Waals surface area contributed by atoms with Gasteiger partial charge in [0, 0.05) is 0 Å². The predicted octanol–water partition coefficient (Wildman–Crippen LogP) is 0.955. The third-order valence-corrected chi connectivity index (χ3v) is 2.05. The van der Waals surface area contributed by atoms with Crippen LogP contribution in [0, 0.1) is 0 Å². The van der Waals surface area contributed by atoms with Crippen LogP contribution in [0.4, 0.5) is 0 Å². The summed E-state index contributed by atoms with van der Waals surface area (Å²) in [5.74, 6) is 0.995. The van der Waals surface area contributed by atoms with E-state index in [0.717, 1.165) is 0 Å². The Morgan fingerprint density at radius 1 is 0.850 bits per heavy atom. The van der Waals surface area contributed by atoms with Crippen molar-refractivity contribution in [2.75, 3.05) is 0 Å². The molecule has 0 aliphatic carbocycles. The van der Waals surface area contributed by atoms with Crippen LogP contribution in [0.2, 0.25) is 0 Å². The second-order valence-electron chi connectivity index (χ2n) is 3.49. The van der Waals surface area contributed by atoms with Gasteiger partial charge in [0.05, 0.1) is 25.0 Å². The zero-order chi connectivity index (χ0) is 14.2. The average Bonchev–Trinajstić information content (AvgIpc) is 3.11. The Kier molecular flexibility index (Phi) is 4.44. The van der Waals surface area contributed by atoms with E-state index in [2.05, 4.69) is 20.4 Å². The molecule has 0 aliphatic rings. The van der Waals surface area contributed by atoms with Crippen LogP contribution in [-0.2, 0) is 0 Å². The first-order chi connectivity index (χ1) is 9.75. The molecule has 0 atom stereocenters. The average molecular weight is 272 g/mol. The van der Waals surface area contributed by atoms with E-state index in [1.165, 1.54) is 25.0 Å². The molecule has 0 saturated heterocycles. The van der Waals surface area contributed by atoms with Crippen LogP contribution in [0.3, 0.4) is 0 Å². The molecule has 2 rings (SSSR count). The largest absolute Gasteiger partial charge is 0.463 e. The van der Waals surface area contributed by atoms with Crippen LogP contribution in [0.1, 0.15) is 11.5 Å². The van der Waals surface area contributed by atoms with E-state index >= 15 is 0 Å². The van der Waals surface area contributed by atoms with E-state index < -0.39 is 0 Å². The summed E-state index contributed by atoms with van der Waals surface area (Å²) in [5.41, 5.74) is 11.1. The van der Waals surface area contributed by atoms with Crippen molar-refractivity contribution in [1.29, 1.82) is 0 Å². The summed E-state index contributed by atoms with van der Waals surface area (Å²) in [4.78, 5) is 0. The number of nitrogens with two attached hydrogens (primary N) is 2. The molecule has 102 valence electrons. The van der Waals surface area contributed by atoms with Gasteiger partial charge in [-0.2, -0.15) is 10.2 Å². The first kappa shape index (κ1) is 13.3. The molecule has 20 heavy (non-hydrogen) atoms. The molecule has 0 spiro atoms. The van der Waals surface area contributed by atoms with E-state index in [-0.39, 0.29) is 11.7 Å². The van der Waals surface area contributed by atoms with Gasteiger partial charge in [-0.15, -0.1) is 10.2 Å². The van der Waals surface area contributed by atoms with Crippen molar-refractivity contribution >= 4 is 24.1 Å². The lowest BCUT2D eigenvalue weighted by Crippen LogP contribution is -2.30.